The van der Waals surface area contributed by atoms with E-state index >= 15 is 0 Å². The number of unbranched alkanes of at least 4 members (excludes halogenated alkanes) is 27. The van der Waals surface area contributed by atoms with E-state index in [1.807, 2.05) is 0 Å². The molecule has 80 heavy (non-hydrogen) atoms. The van der Waals surface area contributed by atoms with Crippen LogP contribution < -0.4 is 10.6 Å². The maximum atomic E-state index is 13.5. The molecule has 0 aromatic carbocycles. The number of ether oxygens (including phenoxy) is 4. The van der Waals surface area contributed by atoms with Crippen LogP contribution in [0.3, 0.4) is 0 Å². The molecule has 0 aromatic heterocycles. The molecule has 2 aliphatic rings. The highest BCUT2D eigenvalue weighted by molar-refractivity contribution is 5.80. The Morgan fingerprint density at radius 2 is 1.07 bits per heavy atom. The molecule has 14 N–H and O–H groups in total. The molecule has 2 heterocycles. The third-order valence-corrected chi connectivity index (χ3v) is 15.9. The number of carboxylic acids is 1. The lowest BCUT2D eigenvalue weighted by molar-refractivity contribution is -0.339. The zero-order valence-corrected chi connectivity index (χ0v) is 49.0. The molecular formula is C59H112N2O19. The van der Waals surface area contributed by atoms with Gasteiger partial charge >= 0.3 is 5.97 Å². The molecule has 2 fully saturated rings. The summed E-state index contributed by atoms with van der Waals surface area (Å²) in [5.41, 5.74) is 0. The fourth-order valence-corrected chi connectivity index (χ4v) is 10.7. The molecule has 2 rings (SSSR count). The fourth-order valence-electron chi connectivity index (χ4n) is 10.7. The SMILES string of the molecule is CCCCCCCCCCCCCCCCCCCCCC[C@@H](O)C(=O)N[C@@H](CO[C@@H]1O[C@H](CO[C@]2(C(=O)O)C[C@H](O)C(NC(=O)CO)[C@H]([C@H](O)[C@H](O)CO)O2)[C@@H](O)[C@H](O)[C@H]1O)[C@H](O)[C@H](O)CCCCCCCCCCCC(C)C. The van der Waals surface area contributed by atoms with Gasteiger partial charge in [0.1, 0.15) is 61.5 Å². The Bertz CT molecular complexity index is 1590. The Labute approximate surface area is 477 Å². The lowest BCUT2D eigenvalue weighted by Crippen LogP contribution is -2.68. The predicted molar refractivity (Wildman–Crippen MR) is 301 cm³/mol. The van der Waals surface area contributed by atoms with E-state index in [9.17, 15) is 75.7 Å². The van der Waals surface area contributed by atoms with Crippen molar-refractivity contribution in [3.63, 3.8) is 0 Å². The molecule has 15 atom stereocenters. The maximum Gasteiger partial charge on any atom is 0.364 e. The number of aliphatic carboxylic acids is 1. The normalized spacial score (nSPS) is 25.7. The number of carbonyl (C=O) groups excluding carboxylic acids is 2. The van der Waals surface area contributed by atoms with Crippen molar-refractivity contribution in [2.45, 2.75) is 324 Å². The summed E-state index contributed by atoms with van der Waals surface area (Å²) in [5.74, 6) is -5.97. The van der Waals surface area contributed by atoms with Crippen molar-refractivity contribution in [3.05, 3.63) is 0 Å². The molecule has 0 bridgehead atoms. The molecule has 1 unspecified atom stereocenters. The number of amides is 2. The van der Waals surface area contributed by atoms with Crippen molar-refractivity contribution in [1.29, 1.82) is 0 Å². The first kappa shape index (κ1) is 73.9. The summed E-state index contributed by atoms with van der Waals surface area (Å²) >= 11 is 0. The van der Waals surface area contributed by atoms with Gasteiger partial charge in [0.15, 0.2) is 6.29 Å². The smallest absolute Gasteiger partial charge is 0.364 e. The Hall–Kier alpha value is -2.19. The van der Waals surface area contributed by atoms with E-state index in [4.69, 9.17) is 18.9 Å². The average Bonchev–Trinajstić information content (AvgIpc) is 3.43. The number of rotatable bonds is 49. The number of aliphatic hydroxyl groups excluding tert-OH is 11. The van der Waals surface area contributed by atoms with Crippen LogP contribution in [0.1, 0.15) is 233 Å². The van der Waals surface area contributed by atoms with Gasteiger partial charge in [0.2, 0.25) is 11.8 Å². The zero-order chi connectivity index (χ0) is 59.3. The summed E-state index contributed by atoms with van der Waals surface area (Å²) in [7, 11) is 0. The van der Waals surface area contributed by atoms with E-state index in [0.29, 0.717) is 18.8 Å². The van der Waals surface area contributed by atoms with Crippen LogP contribution in [0.25, 0.3) is 0 Å². The topological polar surface area (TPSA) is 355 Å². The van der Waals surface area contributed by atoms with E-state index < -0.39 is 142 Å². The molecular weight excluding hydrogens is 1040 g/mol. The van der Waals surface area contributed by atoms with Crippen LogP contribution >= 0.6 is 0 Å². The van der Waals surface area contributed by atoms with Crippen LogP contribution in [0.4, 0.5) is 0 Å². The van der Waals surface area contributed by atoms with Gasteiger partial charge in [-0.05, 0) is 18.8 Å². The predicted octanol–water partition coefficient (Wildman–Crippen LogP) is 4.68. The van der Waals surface area contributed by atoms with Crippen LogP contribution in [-0.4, -0.2) is 197 Å². The van der Waals surface area contributed by atoms with Crippen molar-refractivity contribution >= 4 is 17.8 Å². The summed E-state index contributed by atoms with van der Waals surface area (Å²) in [4.78, 5) is 38.3. The molecule has 0 aromatic rings. The van der Waals surface area contributed by atoms with Gasteiger partial charge in [-0.1, -0.05) is 213 Å². The molecule has 0 aliphatic carbocycles. The first-order chi connectivity index (χ1) is 38.3. The van der Waals surface area contributed by atoms with Crippen LogP contribution in [-0.2, 0) is 33.3 Å². The highest BCUT2D eigenvalue weighted by Gasteiger charge is 2.57. The number of hydrogen-bond acceptors (Lipinski definition) is 18. The third kappa shape index (κ3) is 29.1. The highest BCUT2D eigenvalue weighted by atomic mass is 16.7. The second-order valence-corrected chi connectivity index (χ2v) is 23.4. The Morgan fingerprint density at radius 3 is 1.52 bits per heavy atom. The summed E-state index contributed by atoms with van der Waals surface area (Å²) in [6, 6.07) is -3.03. The van der Waals surface area contributed by atoms with Crippen LogP contribution in [0.15, 0.2) is 0 Å². The summed E-state index contributed by atoms with van der Waals surface area (Å²) < 4.78 is 22.8. The van der Waals surface area contributed by atoms with E-state index in [-0.39, 0.29) is 12.8 Å². The van der Waals surface area contributed by atoms with E-state index in [0.717, 1.165) is 57.8 Å². The molecule has 0 radical (unpaired) electrons. The molecule has 2 aliphatic heterocycles. The Kier molecular flexibility index (Phi) is 40.1. The van der Waals surface area contributed by atoms with Gasteiger partial charge in [0.05, 0.1) is 44.1 Å². The maximum absolute atomic E-state index is 13.5. The van der Waals surface area contributed by atoms with Crippen LogP contribution in [0.5, 0.6) is 0 Å². The number of carboxylic acid groups (broad SMARTS) is 1. The van der Waals surface area contributed by atoms with Crippen molar-refractivity contribution < 1.29 is 94.6 Å². The van der Waals surface area contributed by atoms with Gasteiger partial charge in [0.25, 0.3) is 5.79 Å². The molecule has 0 saturated carbocycles. The van der Waals surface area contributed by atoms with Crippen LogP contribution in [0.2, 0.25) is 0 Å². The molecule has 21 nitrogen and oxygen atoms in total. The molecule has 472 valence electrons. The van der Waals surface area contributed by atoms with Crippen molar-refractivity contribution in [3.8, 4) is 0 Å². The number of nitrogens with one attached hydrogen (secondary N) is 2. The summed E-state index contributed by atoms with van der Waals surface area (Å²) in [5, 5.41) is 132. The minimum atomic E-state index is -2.89. The minimum absolute atomic E-state index is 0.142. The van der Waals surface area contributed by atoms with Gasteiger partial charge in [-0.15, -0.1) is 0 Å². The van der Waals surface area contributed by atoms with E-state index in [1.54, 1.807) is 0 Å². The number of aliphatic hydroxyl groups is 11. The highest BCUT2D eigenvalue weighted by Crippen LogP contribution is 2.35. The summed E-state index contributed by atoms with van der Waals surface area (Å²) in [6.45, 7) is 2.96. The molecule has 0 spiro atoms. The molecule has 2 amide bonds. The largest absolute Gasteiger partial charge is 0.477 e. The Morgan fingerprint density at radius 1 is 0.613 bits per heavy atom. The molecule has 2 saturated heterocycles. The van der Waals surface area contributed by atoms with Gasteiger partial charge in [-0.25, -0.2) is 4.79 Å². The average molecular weight is 1150 g/mol. The van der Waals surface area contributed by atoms with Gasteiger partial charge in [-0.2, -0.15) is 0 Å². The van der Waals surface area contributed by atoms with Gasteiger partial charge in [-0.3, -0.25) is 9.59 Å². The quantitative estimate of drug-likeness (QED) is 0.0368. The van der Waals surface area contributed by atoms with Crippen molar-refractivity contribution in [2.24, 2.45) is 5.92 Å². The van der Waals surface area contributed by atoms with Gasteiger partial charge < -0.3 is 90.9 Å². The first-order valence-corrected chi connectivity index (χ1v) is 31.1. The monoisotopic (exact) mass is 1150 g/mol. The van der Waals surface area contributed by atoms with Gasteiger partial charge in [0, 0.05) is 6.42 Å². The second kappa shape index (κ2) is 43.4. The lowest BCUT2D eigenvalue weighted by atomic mass is 9.88. The van der Waals surface area contributed by atoms with E-state index in [1.165, 1.54) is 122 Å². The van der Waals surface area contributed by atoms with Crippen LogP contribution in [0, 0.1) is 5.92 Å². The minimum Gasteiger partial charge on any atom is -0.477 e. The lowest BCUT2D eigenvalue weighted by Gasteiger charge is -2.47. The van der Waals surface area contributed by atoms with Crippen molar-refractivity contribution in [2.75, 3.05) is 26.4 Å². The Balaban J connectivity index is 2.01. The van der Waals surface area contributed by atoms with Crippen molar-refractivity contribution in [1.82, 2.24) is 10.6 Å². The first-order valence-electron chi connectivity index (χ1n) is 31.1. The summed E-state index contributed by atoms with van der Waals surface area (Å²) in [6.07, 6.45) is 12.3. The zero-order valence-electron chi connectivity index (χ0n) is 49.0. The second-order valence-electron chi connectivity index (χ2n) is 23.4. The molecule has 21 heteroatoms. The fraction of sp³-hybridized carbons (Fsp3) is 0.949. The number of carbonyl (C=O) groups is 3. The third-order valence-electron chi connectivity index (χ3n) is 15.9. The number of hydrogen-bond donors (Lipinski definition) is 14. The standard InChI is InChI=1S/C59H112N2O19/c1-4-5-6-7-8-9-10-11-12-13-14-15-16-17-18-19-22-26-29-32-35-44(65)56(74)60-42(50(69)43(64)34-31-28-25-23-20-21-24-27-30-33-41(2)3)39-77-57-54(73)53(72)52(71)47(79-57)40-78-59(58(75)76)36-45(66)49(61-48(68)38-63)55(80-59)51(70)46(67)37-62/h41-47,49-55,57,62-67,69-73H,4-40H2,1-3H3,(H,60,74)(H,61,68)(H,75,76)/t42-,43+,44+,45-,46+,47+,49?,50-,51+,52+,53-,54+,55+,57+,59+/m0/s1. The van der Waals surface area contributed by atoms with E-state index in [2.05, 4.69) is 31.4 Å².